The van der Waals surface area contributed by atoms with Crippen LogP contribution in [0.1, 0.15) is 31.1 Å². The first-order valence-electron chi connectivity index (χ1n) is 10.6. The van der Waals surface area contributed by atoms with Gasteiger partial charge in [0.1, 0.15) is 12.7 Å². The van der Waals surface area contributed by atoms with Crippen molar-refractivity contribution in [2.24, 2.45) is 0 Å². The van der Waals surface area contributed by atoms with E-state index < -0.39 is 42.5 Å². The highest BCUT2D eigenvalue weighted by Crippen LogP contribution is 2.27. The molecule has 1 aliphatic rings. The molecule has 174 valence electrons. The molecule has 4 rings (SSSR count). The smallest absolute Gasteiger partial charge is 0.340 e. The molecule has 3 aromatic carbocycles. The van der Waals surface area contributed by atoms with Crippen molar-refractivity contribution in [3.05, 3.63) is 108 Å². The highest BCUT2D eigenvalue weighted by molar-refractivity contribution is 5.90. The van der Waals surface area contributed by atoms with Crippen LogP contribution in [0.2, 0.25) is 0 Å². The normalized spacial score (nSPS) is 21.4. The minimum absolute atomic E-state index is 0.259. The number of carbonyl (C=O) groups excluding carboxylic acids is 3. The summed E-state index contributed by atoms with van der Waals surface area (Å²) in [5.74, 6) is -2.04. The van der Waals surface area contributed by atoms with Crippen molar-refractivity contribution in [2.45, 2.75) is 24.6 Å². The van der Waals surface area contributed by atoms with Gasteiger partial charge < -0.3 is 24.1 Å². The van der Waals surface area contributed by atoms with Gasteiger partial charge in [0.05, 0.1) is 16.7 Å². The zero-order chi connectivity index (χ0) is 23.9. The Morgan fingerprint density at radius 1 is 0.676 bits per heavy atom. The lowest BCUT2D eigenvalue weighted by Gasteiger charge is -2.20. The van der Waals surface area contributed by atoms with E-state index in [0.29, 0.717) is 5.56 Å². The van der Waals surface area contributed by atoms with Crippen molar-refractivity contribution in [2.75, 3.05) is 6.61 Å². The van der Waals surface area contributed by atoms with Crippen molar-refractivity contribution < 1.29 is 38.4 Å². The second-order valence-electron chi connectivity index (χ2n) is 7.51. The van der Waals surface area contributed by atoms with Gasteiger partial charge in [-0.3, -0.25) is 0 Å². The molecule has 1 saturated heterocycles. The Kier molecular flexibility index (Phi) is 7.31. The Morgan fingerprint density at radius 2 is 1.12 bits per heavy atom. The molecule has 0 spiro atoms. The zero-order valence-corrected chi connectivity index (χ0v) is 18.0. The van der Waals surface area contributed by atoms with E-state index in [1.165, 1.54) is 0 Å². The first-order valence-corrected chi connectivity index (χ1v) is 10.6. The summed E-state index contributed by atoms with van der Waals surface area (Å²) in [4.78, 5) is 37.4. The van der Waals surface area contributed by atoms with Gasteiger partial charge in [-0.05, 0) is 36.4 Å². The summed E-state index contributed by atoms with van der Waals surface area (Å²) >= 11 is 0. The average Bonchev–Trinajstić information content (AvgIpc) is 3.17. The van der Waals surface area contributed by atoms with Gasteiger partial charge in [-0.2, -0.15) is 0 Å². The van der Waals surface area contributed by atoms with Crippen LogP contribution in [-0.2, 0) is 18.9 Å². The van der Waals surface area contributed by atoms with Gasteiger partial charge in [0, 0.05) is 0 Å². The highest BCUT2D eigenvalue weighted by atomic mass is 16.7. The molecule has 0 saturated carbocycles. The Hall–Kier alpha value is -4.01. The van der Waals surface area contributed by atoms with Crippen LogP contribution in [0.25, 0.3) is 0 Å². The maximum absolute atomic E-state index is 12.6. The molecule has 8 heteroatoms. The standard InChI is InChI=1S/C26H22O8/c27-21-22(33-24(29)18-12-6-2-7-13-18)20(16-31-23(28)17-10-4-1-5-11-17)32-26(21)34-25(30)19-14-8-3-9-15-19/h1-15,20-22,26-27H,16H2/t20-,21?,22+,26+/m0/s1. The molecule has 1 fully saturated rings. The highest BCUT2D eigenvalue weighted by Gasteiger charge is 2.49. The molecule has 4 atom stereocenters. The van der Waals surface area contributed by atoms with E-state index >= 15 is 0 Å². The van der Waals surface area contributed by atoms with Crippen molar-refractivity contribution in [1.29, 1.82) is 0 Å². The van der Waals surface area contributed by atoms with Gasteiger partial charge >= 0.3 is 17.9 Å². The number of aliphatic hydroxyl groups is 1. The minimum Gasteiger partial charge on any atom is -0.459 e. The predicted octanol–water partition coefficient (Wildman–Crippen LogP) is 3.01. The zero-order valence-electron chi connectivity index (χ0n) is 18.0. The third-order valence-electron chi connectivity index (χ3n) is 5.16. The van der Waals surface area contributed by atoms with E-state index in [1.807, 2.05) is 0 Å². The van der Waals surface area contributed by atoms with Crippen molar-refractivity contribution in [3.63, 3.8) is 0 Å². The summed E-state index contributed by atoms with van der Waals surface area (Å²) < 4.78 is 21.8. The molecule has 0 bridgehead atoms. The summed E-state index contributed by atoms with van der Waals surface area (Å²) in [6.45, 7) is -0.336. The molecule has 1 N–H and O–H groups in total. The van der Waals surface area contributed by atoms with Crippen LogP contribution >= 0.6 is 0 Å². The number of esters is 3. The van der Waals surface area contributed by atoms with Crippen molar-refractivity contribution in [1.82, 2.24) is 0 Å². The number of hydrogen-bond acceptors (Lipinski definition) is 8. The maximum atomic E-state index is 12.6. The van der Waals surface area contributed by atoms with Crippen LogP contribution < -0.4 is 0 Å². The molecule has 1 aliphatic heterocycles. The van der Waals surface area contributed by atoms with Crippen LogP contribution in [0, 0.1) is 0 Å². The summed E-state index contributed by atoms with van der Waals surface area (Å²) in [7, 11) is 0. The van der Waals surface area contributed by atoms with Crippen LogP contribution in [0.4, 0.5) is 0 Å². The van der Waals surface area contributed by atoms with Crippen molar-refractivity contribution >= 4 is 17.9 Å². The Labute approximate surface area is 195 Å². The van der Waals surface area contributed by atoms with E-state index in [1.54, 1.807) is 91.0 Å². The van der Waals surface area contributed by atoms with Crippen molar-refractivity contribution in [3.8, 4) is 0 Å². The van der Waals surface area contributed by atoms with E-state index in [-0.39, 0.29) is 17.7 Å². The lowest BCUT2D eigenvalue weighted by Crippen LogP contribution is -2.40. The quantitative estimate of drug-likeness (QED) is 0.422. The maximum Gasteiger partial charge on any atom is 0.340 e. The van der Waals surface area contributed by atoms with E-state index in [2.05, 4.69) is 0 Å². The fourth-order valence-electron chi connectivity index (χ4n) is 3.41. The summed E-state index contributed by atoms with van der Waals surface area (Å²) in [6.07, 6.45) is -5.24. The Morgan fingerprint density at radius 3 is 1.62 bits per heavy atom. The molecule has 0 radical (unpaired) electrons. The molecule has 8 nitrogen and oxygen atoms in total. The summed E-state index contributed by atoms with van der Waals surface area (Å²) in [5, 5.41) is 10.8. The number of rotatable bonds is 7. The van der Waals surface area contributed by atoms with Gasteiger partial charge in [-0.25, -0.2) is 14.4 Å². The van der Waals surface area contributed by atoms with E-state index in [4.69, 9.17) is 18.9 Å². The van der Waals surface area contributed by atoms with Gasteiger partial charge in [0.15, 0.2) is 12.2 Å². The SMILES string of the molecule is O=C(OC[C@@H]1O[C@H](OC(=O)c2ccccc2)C(O)[C@@H]1OC(=O)c1ccccc1)c1ccccc1. The largest absolute Gasteiger partial charge is 0.459 e. The summed E-state index contributed by atoms with van der Waals surface area (Å²) in [5.41, 5.74) is 0.848. The van der Waals surface area contributed by atoms with Gasteiger partial charge in [0.2, 0.25) is 6.29 Å². The Bertz CT molecular complexity index is 1120. The number of ether oxygens (including phenoxy) is 4. The van der Waals surface area contributed by atoms with Crippen LogP contribution in [0.3, 0.4) is 0 Å². The minimum atomic E-state index is -1.50. The van der Waals surface area contributed by atoms with Crippen LogP contribution in [0.15, 0.2) is 91.0 Å². The fraction of sp³-hybridized carbons (Fsp3) is 0.192. The van der Waals surface area contributed by atoms with E-state index in [0.717, 1.165) is 0 Å². The number of benzene rings is 3. The second-order valence-corrected chi connectivity index (χ2v) is 7.51. The molecular formula is C26H22O8. The first kappa shape index (κ1) is 23.2. The Balaban J connectivity index is 1.47. The lowest BCUT2D eigenvalue weighted by atomic mass is 10.1. The second kappa shape index (κ2) is 10.7. The summed E-state index contributed by atoms with van der Waals surface area (Å²) in [6, 6.07) is 24.7. The van der Waals surface area contributed by atoms with Gasteiger partial charge in [-0.1, -0.05) is 54.6 Å². The van der Waals surface area contributed by atoms with Crippen LogP contribution in [0.5, 0.6) is 0 Å². The first-order chi connectivity index (χ1) is 16.5. The lowest BCUT2D eigenvalue weighted by molar-refractivity contribution is -0.139. The van der Waals surface area contributed by atoms with Gasteiger partial charge in [0.25, 0.3) is 0 Å². The molecule has 1 heterocycles. The third-order valence-corrected chi connectivity index (χ3v) is 5.16. The third kappa shape index (κ3) is 5.48. The number of hydrogen-bond donors (Lipinski definition) is 1. The van der Waals surface area contributed by atoms with E-state index in [9.17, 15) is 19.5 Å². The molecule has 1 unspecified atom stereocenters. The predicted molar refractivity (Wildman–Crippen MR) is 119 cm³/mol. The monoisotopic (exact) mass is 462 g/mol. The average molecular weight is 462 g/mol. The molecular weight excluding hydrogens is 440 g/mol. The topological polar surface area (TPSA) is 108 Å². The molecule has 0 amide bonds. The van der Waals surface area contributed by atoms with Gasteiger partial charge in [-0.15, -0.1) is 0 Å². The molecule has 34 heavy (non-hydrogen) atoms. The fourth-order valence-corrected chi connectivity index (χ4v) is 3.41. The molecule has 0 aromatic heterocycles. The number of carbonyl (C=O) groups is 3. The molecule has 0 aliphatic carbocycles. The van der Waals surface area contributed by atoms with Crippen LogP contribution in [-0.4, -0.2) is 54.2 Å². The number of aliphatic hydroxyl groups excluding tert-OH is 1. The molecule has 3 aromatic rings.